The third-order valence-corrected chi connectivity index (χ3v) is 14.4. The summed E-state index contributed by atoms with van der Waals surface area (Å²) in [6.45, 7) is 12.7. The standard InChI is InChI=1S/C57H58N10O6/c1-40(38-66(51-7-3-5-22-60-51)56(68)44-13-9-42(36-58)10-14-44)62-24-28-64(29-25-62)49-19-17-46(48-21-32-72-73-54(48)49)35-47-18-20-50(55-53(47)70-33-34-71-55)65-30-26-63(27-31-65)41(2)39-67(52-8-4-6-23-61-52)57(69)45-15-11-43(37-59)12-16-45/h3-23,40-41,46H,24-35,38-39H2,1-2H3/t40-,41+,46?/m0/s1. The molecule has 10 rings (SSSR count). The van der Waals surface area contributed by atoms with Gasteiger partial charge in [-0.2, -0.15) is 15.4 Å². The minimum Gasteiger partial charge on any atom is -0.486 e. The zero-order valence-corrected chi connectivity index (χ0v) is 41.2. The maximum absolute atomic E-state index is 13.9. The van der Waals surface area contributed by atoms with E-state index < -0.39 is 0 Å². The quantitative estimate of drug-likeness (QED) is 0.104. The molecule has 5 aromatic rings. The van der Waals surface area contributed by atoms with Crippen molar-refractivity contribution in [2.75, 3.05) is 100.0 Å². The number of allylic oxidation sites excluding steroid dienone is 3. The highest BCUT2D eigenvalue weighted by Gasteiger charge is 2.35. The number of anilines is 3. The van der Waals surface area contributed by atoms with Crippen LogP contribution in [0.4, 0.5) is 17.3 Å². The smallest absolute Gasteiger partial charge is 0.259 e. The van der Waals surface area contributed by atoms with Crippen molar-refractivity contribution in [1.82, 2.24) is 24.7 Å². The zero-order valence-electron chi connectivity index (χ0n) is 41.2. The van der Waals surface area contributed by atoms with Crippen molar-refractivity contribution in [2.24, 2.45) is 5.92 Å². The van der Waals surface area contributed by atoms with Gasteiger partial charge in [0.05, 0.1) is 34.6 Å². The molecule has 3 aromatic carbocycles. The first kappa shape index (κ1) is 48.6. The molecule has 0 bridgehead atoms. The number of amides is 2. The van der Waals surface area contributed by atoms with E-state index in [1.165, 1.54) is 0 Å². The molecule has 6 heterocycles. The summed E-state index contributed by atoms with van der Waals surface area (Å²) in [5.74, 6) is 3.18. The summed E-state index contributed by atoms with van der Waals surface area (Å²) in [7, 11) is 0. The highest BCUT2D eigenvalue weighted by atomic mass is 17.2. The highest BCUT2D eigenvalue weighted by Crippen LogP contribution is 2.45. The van der Waals surface area contributed by atoms with E-state index in [2.05, 4.69) is 85.9 Å². The lowest BCUT2D eigenvalue weighted by molar-refractivity contribution is -0.258. The molecular formula is C57H58N10O6. The van der Waals surface area contributed by atoms with E-state index >= 15 is 0 Å². The minimum atomic E-state index is -0.160. The summed E-state index contributed by atoms with van der Waals surface area (Å²) in [5, 5.41) is 18.6. The van der Waals surface area contributed by atoms with Gasteiger partial charge in [-0.15, -0.1) is 0 Å². The molecule has 4 aliphatic heterocycles. The number of hydrogen-bond donors (Lipinski definition) is 0. The molecule has 372 valence electrons. The molecule has 2 amide bonds. The van der Waals surface area contributed by atoms with Crippen LogP contribution in [-0.2, 0) is 16.2 Å². The van der Waals surface area contributed by atoms with Gasteiger partial charge in [-0.05, 0) is 117 Å². The van der Waals surface area contributed by atoms with Crippen LogP contribution in [0.15, 0.2) is 145 Å². The number of hydrogen-bond acceptors (Lipinski definition) is 14. The number of nitriles is 2. The molecule has 0 N–H and O–H groups in total. The van der Waals surface area contributed by atoms with Crippen molar-refractivity contribution in [3.8, 4) is 23.6 Å². The third-order valence-electron chi connectivity index (χ3n) is 14.4. The number of ether oxygens (including phenoxy) is 2. The topological polar surface area (TPSA) is 164 Å². The molecule has 1 unspecified atom stereocenters. The Hall–Kier alpha value is -8.02. The van der Waals surface area contributed by atoms with Crippen molar-refractivity contribution in [1.29, 1.82) is 10.5 Å². The molecule has 3 atom stereocenters. The van der Waals surface area contributed by atoms with Gasteiger partial charge in [-0.25, -0.2) is 9.97 Å². The Balaban J connectivity index is 0.775. The molecular weight excluding hydrogens is 921 g/mol. The van der Waals surface area contributed by atoms with Crippen molar-refractivity contribution >= 4 is 29.1 Å². The van der Waals surface area contributed by atoms with E-state index in [0.29, 0.717) is 73.2 Å². The first-order valence-corrected chi connectivity index (χ1v) is 25.0. The lowest BCUT2D eigenvalue weighted by atomic mass is 9.85. The summed E-state index contributed by atoms with van der Waals surface area (Å²) < 4.78 is 12.9. The van der Waals surface area contributed by atoms with Crippen LogP contribution in [0, 0.1) is 28.6 Å². The number of aromatic nitrogens is 2. The highest BCUT2D eigenvalue weighted by molar-refractivity contribution is 6.06. The van der Waals surface area contributed by atoms with Crippen LogP contribution in [-0.4, -0.2) is 134 Å². The van der Waals surface area contributed by atoms with Gasteiger partial charge in [-0.1, -0.05) is 24.3 Å². The second-order valence-corrected chi connectivity index (χ2v) is 18.8. The maximum Gasteiger partial charge on any atom is 0.259 e. The van der Waals surface area contributed by atoms with Crippen LogP contribution in [0.3, 0.4) is 0 Å². The molecule has 0 radical (unpaired) electrons. The van der Waals surface area contributed by atoms with Gasteiger partial charge in [0, 0.05) is 113 Å². The fourth-order valence-corrected chi connectivity index (χ4v) is 10.3. The number of benzene rings is 3. The van der Waals surface area contributed by atoms with Crippen molar-refractivity contribution in [2.45, 2.75) is 32.4 Å². The predicted octanol–water partition coefficient (Wildman–Crippen LogP) is 7.03. The Labute approximate surface area is 426 Å². The number of rotatable bonds is 14. The van der Waals surface area contributed by atoms with E-state index in [0.717, 1.165) is 92.1 Å². The van der Waals surface area contributed by atoms with Gasteiger partial charge in [0.1, 0.15) is 31.5 Å². The Morgan fingerprint density at radius 2 is 1.21 bits per heavy atom. The van der Waals surface area contributed by atoms with Crippen LogP contribution in [0.2, 0.25) is 0 Å². The average molecular weight is 979 g/mol. The second-order valence-electron chi connectivity index (χ2n) is 18.8. The third kappa shape index (κ3) is 10.6. The number of pyridine rings is 2. The summed E-state index contributed by atoms with van der Waals surface area (Å²) in [6, 6.07) is 33.3. The Morgan fingerprint density at radius 3 is 1.73 bits per heavy atom. The van der Waals surface area contributed by atoms with Gasteiger partial charge in [-0.3, -0.25) is 29.2 Å². The molecule has 16 heteroatoms. The first-order valence-electron chi connectivity index (χ1n) is 25.0. The largest absolute Gasteiger partial charge is 0.486 e. The number of nitrogens with zero attached hydrogens (tertiary/aromatic N) is 10. The maximum atomic E-state index is 13.9. The lowest BCUT2D eigenvalue weighted by Gasteiger charge is -2.42. The van der Waals surface area contributed by atoms with E-state index in [1.807, 2.05) is 36.4 Å². The first-order chi connectivity index (χ1) is 35.8. The van der Waals surface area contributed by atoms with Crippen LogP contribution in [0.1, 0.15) is 51.3 Å². The molecule has 16 nitrogen and oxygen atoms in total. The van der Waals surface area contributed by atoms with Crippen molar-refractivity contribution in [3.63, 3.8) is 0 Å². The van der Waals surface area contributed by atoms with E-state index in [9.17, 15) is 20.1 Å². The molecule has 2 fully saturated rings. The van der Waals surface area contributed by atoms with Crippen molar-refractivity contribution < 1.29 is 28.8 Å². The molecule has 0 saturated carbocycles. The number of carbonyl (C=O) groups excluding carboxylic acids is 2. The summed E-state index contributed by atoms with van der Waals surface area (Å²) in [4.78, 5) is 61.5. The molecule has 2 aromatic heterocycles. The fraction of sp³-hybridized carbons (Fsp3) is 0.333. The molecule has 5 aliphatic rings. The zero-order chi connectivity index (χ0) is 50.3. The normalized spacial score (nSPS) is 18.6. The van der Waals surface area contributed by atoms with Gasteiger partial charge >= 0.3 is 0 Å². The molecule has 73 heavy (non-hydrogen) atoms. The average Bonchev–Trinajstić information content (AvgIpc) is 3.46. The van der Waals surface area contributed by atoms with E-state index in [-0.39, 0.29) is 29.8 Å². The van der Waals surface area contributed by atoms with Gasteiger partial charge in [0.25, 0.3) is 11.8 Å². The van der Waals surface area contributed by atoms with Crippen LogP contribution >= 0.6 is 0 Å². The fourth-order valence-electron chi connectivity index (χ4n) is 10.3. The summed E-state index contributed by atoms with van der Waals surface area (Å²) in [6.07, 6.45) is 10.6. The van der Waals surface area contributed by atoms with Crippen molar-refractivity contribution in [3.05, 3.63) is 173 Å². The van der Waals surface area contributed by atoms with Crippen LogP contribution in [0.5, 0.6) is 11.5 Å². The minimum absolute atomic E-state index is 0.0233. The lowest BCUT2D eigenvalue weighted by Crippen LogP contribution is -2.53. The number of piperazine rings is 2. The molecule has 0 spiro atoms. The number of fused-ring (bicyclic) bond motifs is 2. The van der Waals surface area contributed by atoms with Gasteiger partial charge < -0.3 is 24.2 Å². The molecule has 1 aliphatic carbocycles. The van der Waals surface area contributed by atoms with E-state index in [1.54, 1.807) is 70.7 Å². The summed E-state index contributed by atoms with van der Waals surface area (Å²) in [5.41, 5.74) is 6.19. The number of carbonyl (C=O) groups is 2. The Bertz CT molecular complexity index is 2960. The summed E-state index contributed by atoms with van der Waals surface area (Å²) >= 11 is 0. The van der Waals surface area contributed by atoms with Crippen LogP contribution in [0.25, 0.3) is 0 Å². The Kier molecular flexibility index (Phi) is 14.8. The van der Waals surface area contributed by atoms with E-state index in [4.69, 9.17) is 19.2 Å². The molecule has 2 saturated heterocycles. The van der Waals surface area contributed by atoms with Gasteiger partial charge in [0.2, 0.25) is 0 Å². The SMILES string of the molecule is C[C@H](CN(C(=O)c1ccc(C#N)cc1)c1ccccn1)N1CCN(c2ccc(CC3C=CC(N4CCN([C@@H](C)CN(C(=O)c5ccc(C#N)cc5)c5ccccn5)CC4)=C4OOCC=C43)c3c2OCCO3)CC1. The van der Waals surface area contributed by atoms with Gasteiger partial charge in [0.15, 0.2) is 17.3 Å². The predicted molar refractivity (Wildman–Crippen MR) is 276 cm³/mol. The monoisotopic (exact) mass is 978 g/mol. The second kappa shape index (κ2) is 22.2. The van der Waals surface area contributed by atoms with Crippen LogP contribution < -0.4 is 24.2 Å². The Morgan fingerprint density at radius 1 is 0.671 bits per heavy atom.